The number of aromatic hydroxyl groups is 1. The van der Waals surface area contributed by atoms with Gasteiger partial charge >= 0.3 is 0 Å². The molecule has 26 heavy (non-hydrogen) atoms. The van der Waals surface area contributed by atoms with E-state index in [1.165, 1.54) is 22.8 Å². The Labute approximate surface area is 152 Å². The second-order valence-corrected chi connectivity index (χ2v) is 6.36. The Hall–Kier alpha value is -2.57. The molecule has 0 atom stereocenters. The standard InChI is InChI=1S/C19H26N2O5/c1-3-5-7-8-11-20-16-13-14(21(24)25)9-10-15(16)17(22)18(19(20)23)26-12-6-4-2/h9-10,13,22H,3-8,11-12H2,1-2H3. The van der Waals surface area contributed by atoms with Crippen molar-refractivity contribution in [3.05, 3.63) is 38.7 Å². The Morgan fingerprint density at radius 3 is 2.54 bits per heavy atom. The van der Waals surface area contributed by atoms with Crippen LogP contribution in [0.3, 0.4) is 0 Å². The zero-order chi connectivity index (χ0) is 19.1. The molecule has 1 aromatic heterocycles. The maximum atomic E-state index is 12.9. The summed E-state index contributed by atoms with van der Waals surface area (Å²) >= 11 is 0. The second kappa shape index (κ2) is 9.22. The predicted molar refractivity (Wildman–Crippen MR) is 101 cm³/mol. The monoisotopic (exact) mass is 362 g/mol. The van der Waals surface area contributed by atoms with Crippen LogP contribution in [0.1, 0.15) is 52.4 Å². The lowest BCUT2D eigenvalue weighted by Gasteiger charge is -2.15. The Balaban J connectivity index is 2.54. The van der Waals surface area contributed by atoms with Crippen LogP contribution in [0.15, 0.2) is 23.0 Å². The minimum atomic E-state index is -0.506. The first-order valence-corrected chi connectivity index (χ1v) is 9.17. The number of fused-ring (bicyclic) bond motifs is 1. The summed E-state index contributed by atoms with van der Waals surface area (Å²) in [5.74, 6) is -0.323. The number of nitro benzene ring substituents is 1. The number of aryl methyl sites for hydroxylation is 1. The molecule has 0 aliphatic heterocycles. The first-order chi connectivity index (χ1) is 12.5. The van der Waals surface area contributed by atoms with Crippen LogP contribution in [-0.4, -0.2) is 21.2 Å². The van der Waals surface area contributed by atoms with Crippen molar-refractivity contribution in [2.45, 2.75) is 58.9 Å². The van der Waals surface area contributed by atoms with Gasteiger partial charge in [-0.1, -0.05) is 39.5 Å². The van der Waals surface area contributed by atoms with Gasteiger partial charge in [-0.15, -0.1) is 0 Å². The van der Waals surface area contributed by atoms with Gasteiger partial charge in [-0.05, 0) is 18.9 Å². The van der Waals surface area contributed by atoms with Gasteiger partial charge in [0.1, 0.15) is 0 Å². The lowest BCUT2D eigenvalue weighted by molar-refractivity contribution is -0.384. The normalized spacial score (nSPS) is 11.0. The predicted octanol–water partition coefficient (Wildman–Crippen LogP) is 4.37. The summed E-state index contributed by atoms with van der Waals surface area (Å²) in [4.78, 5) is 23.4. The first-order valence-electron chi connectivity index (χ1n) is 9.17. The molecule has 142 valence electrons. The molecule has 1 N–H and O–H groups in total. The number of benzene rings is 1. The van der Waals surface area contributed by atoms with Crippen molar-refractivity contribution in [2.24, 2.45) is 0 Å². The summed E-state index contributed by atoms with van der Waals surface area (Å²) in [5, 5.41) is 22.0. The van der Waals surface area contributed by atoms with E-state index in [1.807, 2.05) is 6.92 Å². The summed E-state index contributed by atoms with van der Waals surface area (Å²) < 4.78 is 7.03. The fourth-order valence-corrected chi connectivity index (χ4v) is 2.88. The van der Waals surface area contributed by atoms with Crippen LogP contribution in [0, 0.1) is 10.1 Å². The molecule has 0 unspecified atom stereocenters. The lowest BCUT2D eigenvalue weighted by Crippen LogP contribution is -2.23. The van der Waals surface area contributed by atoms with Gasteiger partial charge in [0.25, 0.3) is 11.2 Å². The minimum absolute atomic E-state index is 0.0738. The molecule has 7 nitrogen and oxygen atoms in total. The highest BCUT2D eigenvalue weighted by Gasteiger charge is 2.19. The number of ether oxygens (including phenoxy) is 1. The zero-order valence-corrected chi connectivity index (χ0v) is 15.4. The van der Waals surface area contributed by atoms with Gasteiger partial charge in [0.05, 0.1) is 17.0 Å². The number of nitro groups is 1. The van der Waals surface area contributed by atoms with Gasteiger partial charge < -0.3 is 14.4 Å². The number of unbranched alkanes of at least 4 members (excludes halogenated alkanes) is 4. The number of hydrogen-bond acceptors (Lipinski definition) is 5. The summed E-state index contributed by atoms with van der Waals surface area (Å²) in [5.41, 5.74) is -0.192. The van der Waals surface area contributed by atoms with E-state index < -0.39 is 10.5 Å². The van der Waals surface area contributed by atoms with Gasteiger partial charge in [0.15, 0.2) is 5.75 Å². The SMILES string of the molecule is CCCCCCn1c(=O)c(OCCCC)c(O)c2ccc([N+](=O)[O-])cc21. The molecule has 1 heterocycles. The Bertz CT molecular complexity index is 829. The molecule has 0 radical (unpaired) electrons. The minimum Gasteiger partial charge on any atom is -0.504 e. The Morgan fingerprint density at radius 1 is 1.15 bits per heavy atom. The van der Waals surface area contributed by atoms with Crippen LogP contribution >= 0.6 is 0 Å². The van der Waals surface area contributed by atoms with Gasteiger partial charge in [0, 0.05) is 24.1 Å². The average Bonchev–Trinajstić information content (AvgIpc) is 2.63. The van der Waals surface area contributed by atoms with E-state index in [9.17, 15) is 20.0 Å². The molecular weight excluding hydrogens is 336 g/mol. The smallest absolute Gasteiger partial charge is 0.297 e. The van der Waals surface area contributed by atoms with Gasteiger partial charge in [-0.25, -0.2) is 0 Å². The van der Waals surface area contributed by atoms with Crippen molar-refractivity contribution < 1.29 is 14.8 Å². The molecule has 2 rings (SSSR count). The number of rotatable bonds is 10. The third-order valence-electron chi connectivity index (χ3n) is 4.37. The highest BCUT2D eigenvalue weighted by Crippen LogP contribution is 2.33. The number of aromatic nitrogens is 1. The van der Waals surface area contributed by atoms with Crippen LogP contribution < -0.4 is 10.3 Å². The van der Waals surface area contributed by atoms with E-state index >= 15 is 0 Å². The van der Waals surface area contributed by atoms with E-state index in [0.717, 1.165) is 38.5 Å². The molecule has 7 heteroatoms. The number of hydrogen-bond donors (Lipinski definition) is 1. The van der Waals surface area contributed by atoms with Crippen molar-refractivity contribution in [3.8, 4) is 11.5 Å². The average molecular weight is 362 g/mol. The molecule has 0 amide bonds. The fourth-order valence-electron chi connectivity index (χ4n) is 2.88. The highest BCUT2D eigenvalue weighted by molar-refractivity contribution is 5.89. The molecule has 0 saturated carbocycles. The van der Waals surface area contributed by atoms with E-state index in [2.05, 4.69) is 6.92 Å². The van der Waals surface area contributed by atoms with E-state index in [4.69, 9.17) is 4.74 Å². The van der Waals surface area contributed by atoms with E-state index in [0.29, 0.717) is 24.1 Å². The van der Waals surface area contributed by atoms with Gasteiger partial charge in [-0.2, -0.15) is 0 Å². The van der Waals surface area contributed by atoms with Crippen molar-refractivity contribution in [1.82, 2.24) is 4.57 Å². The lowest BCUT2D eigenvalue weighted by atomic mass is 10.1. The van der Waals surface area contributed by atoms with Crippen molar-refractivity contribution in [2.75, 3.05) is 6.61 Å². The topological polar surface area (TPSA) is 94.6 Å². The quantitative estimate of drug-likeness (QED) is 0.384. The van der Waals surface area contributed by atoms with Crippen molar-refractivity contribution >= 4 is 16.6 Å². The molecule has 0 aliphatic rings. The summed E-state index contributed by atoms with van der Waals surface area (Å²) in [7, 11) is 0. The zero-order valence-electron chi connectivity index (χ0n) is 15.4. The molecule has 1 aromatic carbocycles. The second-order valence-electron chi connectivity index (χ2n) is 6.36. The van der Waals surface area contributed by atoms with Crippen LogP contribution in [0.2, 0.25) is 0 Å². The summed E-state index contributed by atoms with van der Waals surface area (Å²) in [6.07, 6.45) is 5.56. The first kappa shape index (κ1) is 19.8. The Morgan fingerprint density at radius 2 is 1.88 bits per heavy atom. The van der Waals surface area contributed by atoms with E-state index in [-0.39, 0.29) is 17.2 Å². The number of pyridine rings is 1. The molecule has 0 saturated heterocycles. The molecule has 2 aromatic rings. The number of nitrogens with zero attached hydrogens (tertiary/aromatic N) is 2. The molecular formula is C19H26N2O5. The molecule has 0 spiro atoms. The van der Waals surface area contributed by atoms with Crippen molar-refractivity contribution in [1.29, 1.82) is 0 Å². The van der Waals surface area contributed by atoms with Crippen LogP contribution in [0.5, 0.6) is 11.5 Å². The summed E-state index contributed by atoms with van der Waals surface area (Å²) in [6.45, 7) is 4.88. The molecule has 0 bridgehead atoms. The van der Waals surface area contributed by atoms with E-state index in [1.54, 1.807) is 0 Å². The van der Waals surface area contributed by atoms with Crippen LogP contribution in [-0.2, 0) is 6.54 Å². The highest BCUT2D eigenvalue weighted by atomic mass is 16.6. The third-order valence-corrected chi connectivity index (χ3v) is 4.37. The largest absolute Gasteiger partial charge is 0.504 e. The number of non-ortho nitro benzene ring substituents is 1. The maximum absolute atomic E-state index is 12.9. The molecule has 0 fully saturated rings. The van der Waals surface area contributed by atoms with Gasteiger partial charge in [-0.3, -0.25) is 14.9 Å². The van der Waals surface area contributed by atoms with Gasteiger partial charge in [0.2, 0.25) is 5.75 Å². The van der Waals surface area contributed by atoms with Crippen LogP contribution in [0.4, 0.5) is 5.69 Å². The van der Waals surface area contributed by atoms with Crippen LogP contribution in [0.25, 0.3) is 10.9 Å². The third kappa shape index (κ3) is 4.33. The Kier molecular flexibility index (Phi) is 7.00. The maximum Gasteiger partial charge on any atom is 0.297 e. The fraction of sp³-hybridized carbons (Fsp3) is 0.526. The van der Waals surface area contributed by atoms with Crippen molar-refractivity contribution in [3.63, 3.8) is 0 Å². The molecule has 0 aliphatic carbocycles. The summed E-state index contributed by atoms with van der Waals surface area (Å²) in [6, 6.07) is 4.13.